The number of morpholine rings is 1. The van der Waals surface area contributed by atoms with Crippen LogP contribution >= 0.6 is 0 Å². The van der Waals surface area contributed by atoms with E-state index in [0.717, 1.165) is 36.6 Å². The average Bonchev–Trinajstić information content (AvgIpc) is 3.27. The molecular weight excluding hydrogens is 384 g/mol. The maximum atomic E-state index is 12.7. The third-order valence-corrected chi connectivity index (χ3v) is 5.49. The molecule has 2 aromatic rings. The second-order valence-corrected chi connectivity index (χ2v) is 7.50. The molecule has 1 aromatic carbocycles. The number of anilines is 1. The number of hydrogen-bond donors (Lipinski definition) is 0. The molecule has 3 heterocycles. The number of rotatable bonds is 7. The number of benzene rings is 1. The molecule has 2 saturated heterocycles. The van der Waals surface area contributed by atoms with E-state index in [0.29, 0.717) is 45.0 Å². The van der Waals surface area contributed by atoms with Gasteiger partial charge in [0, 0.05) is 44.9 Å². The zero-order valence-corrected chi connectivity index (χ0v) is 17.3. The van der Waals surface area contributed by atoms with Gasteiger partial charge in [-0.2, -0.15) is 0 Å². The molecule has 0 saturated carbocycles. The van der Waals surface area contributed by atoms with Crippen LogP contribution in [-0.4, -0.2) is 73.4 Å². The molecule has 1 atom stereocenters. The molecule has 0 spiro atoms. The van der Waals surface area contributed by atoms with Gasteiger partial charge in [-0.3, -0.25) is 4.79 Å². The van der Waals surface area contributed by atoms with Crippen LogP contribution in [0.15, 0.2) is 36.7 Å². The Morgan fingerprint density at radius 1 is 1.20 bits per heavy atom. The van der Waals surface area contributed by atoms with Gasteiger partial charge in [-0.25, -0.2) is 9.97 Å². The van der Waals surface area contributed by atoms with Crippen molar-refractivity contribution >= 4 is 11.7 Å². The minimum Gasteiger partial charge on any atom is -0.497 e. The average molecular weight is 412 g/mol. The predicted molar refractivity (Wildman–Crippen MR) is 112 cm³/mol. The third-order valence-electron chi connectivity index (χ3n) is 5.49. The molecule has 1 amide bonds. The normalized spacial score (nSPS) is 19.0. The first kappa shape index (κ1) is 20.4. The zero-order chi connectivity index (χ0) is 20.8. The summed E-state index contributed by atoms with van der Waals surface area (Å²) in [4.78, 5) is 25.6. The van der Waals surface area contributed by atoms with E-state index in [1.54, 1.807) is 19.5 Å². The maximum absolute atomic E-state index is 12.7. The Bertz CT molecular complexity index is 857. The Labute approximate surface area is 176 Å². The highest BCUT2D eigenvalue weighted by molar-refractivity contribution is 5.76. The molecule has 30 heavy (non-hydrogen) atoms. The van der Waals surface area contributed by atoms with Crippen LogP contribution in [0.1, 0.15) is 18.4 Å². The lowest BCUT2D eigenvalue weighted by atomic mass is 10.1. The van der Waals surface area contributed by atoms with Gasteiger partial charge in [0.25, 0.3) is 5.88 Å². The second-order valence-electron chi connectivity index (χ2n) is 7.50. The number of methoxy groups -OCH3 is 1. The van der Waals surface area contributed by atoms with Crippen molar-refractivity contribution in [3.63, 3.8) is 0 Å². The number of aryl methyl sites for hydroxylation is 1. The van der Waals surface area contributed by atoms with Gasteiger partial charge in [-0.05, 0) is 24.1 Å². The summed E-state index contributed by atoms with van der Waals surface area (Å²) in [7, 11) is 1.65. The summed E-state index contributed by atoms with van der Waals surface area (Å²) < 4.78 is 16.8. The molecule has 0 radical (unpaired) electrons. The van der Waals surface area contributed by atoms with Gasteiger partial charge in [-0.1, -0.05) is 12.1 Å². The van der Waals surface area contributed by atoms with Gasteiger partial charge in [0.15, 0.2) is 5.82 Å². The summed E-state index contributed by atoms with van der Waals surface area (Å²) in [5.41, 5.74) is 1.10. The Balaban J connectivity index is 1.31. The highest BCUT2D eigenvalue weighted by atomic mass is 16.5. The SMILES string of the molecule is COc1cccc(CCC(=O)N2CCC(Oc3nccnc3N3CCOCC3)C2)c1. The molecule has 1 aromatic heterocycles. The van der Waals surface area contributed by atoms with E-state index in [4.69, 9.17) is 14.2 Å². The lowest BCUT2D eigenvalue weighted by molar-refractivity contribution is -0.130. The van der Waals surface area contributed by atoms with Crippen LogP contribution in [0.2, 0.25) is 0 Å². The van der Waals surface area contributed by atoms with E-state index in [9.17, 15) is 4.79 Å². The summed E-state index contributed by atoms with van der Waals surface area (Å²) >= 11 is 0. The molecule has 2 aliphatic rings. The Hall–Kier alpha value is -2.87. The van der Waals surface area contributed by atoms with Crippen molar-refractivity contribution in [1.29, 1.82) is 0 Å². The maximum Gasteiger partial charge on any atom is 0.257 e. The highest BCUT2D eigenvalue weighted by Crippen LogP contribution is 2.26. The Kier molecular flexibility index (Phi) is 6.63. The quantitative estimate of drug-likeness (QED) is 0.688. The number of aromatic nitrogens is 2. The molecule has 2 aliphatic heterocycles. The van der Waals surface area contributed by atoms with Crippen molar-refractivity contribution in [2.75, 3.05) is 51.4 Å². The third kappa shape index (κ3) is 4.99. The fourth-order valence-corrected chi connectivity index (χ4v) is 3.84. The van der Waals surface area contributed by atoms with E-state index in [1.165, 1.54) is 0 Å². The molecule has 160 valence electrons. The van der Waals surface area contributed by atoms with Gasteiger partial charge >= 0.3 is 0 Å². The van der Waals surface area contributed by atoms with Crippen molar-refractivity contribution in [3.05, 3.63) is 42.2 Å². The number of nitrogens with zero attached hydrogens (tertiary/aromatic N) is 4. The van der Waals surface area contributed by atoms with Crippen molar-refractivity contribution in [2.24, 2.45) is 0 Å². The molecular formula is C22H28N4O4. The second kappa shape index (κ2) is 9.75. The summed E-state index contributed by atoms with van der Waals surface area (Å²) in [6.07, 6.45) is 5.23. The van der Waals surface area contributed by atoms with Crippen LogP contribution < -0.4 is 14.4 Å². The summed E-state index contributed by atoms with van der Waals surface area (Å²) in [6.45, 7) is 4.18. The van der Waals surface area contributed by atoms with Gasteiger partial charge in [0.05, 0.1) is 26.9 Å². The topological polar surface area (TPSA) is 77.0 Å². The molecule has 0 bridgehead atoms. The van der Waals surface area contributed by atoms with E-state index in [-0.39, 0.29) is 12.0 Å². The minimum atomic E-state index is -0.0674. The molecule has 0 N–H and O–H groups in total. The van der Waals surface area contributed by atoms with Crippen LogP contribution in [0.3, 0.4) is 0 Å². The standard InChI is InChI=1S/C22H28N4O4/c1-28-18-4-2-3-17(15-18)5-6-20(27)26-10-7-19(16-26)30-22-21(23-8-9-24-22)25-11-13-29-14-12-25/h2-4,8-9,15,19H,5-7,10-14,16H2,1H3. The zero-order valence-electron chi connectivity index (χ0n) is 17.3. The van der Waals surface area contributed by atoms with Gasteiger partial charge in [0.1, 0.15) is 11.9 Å². The summed E-state index contributed by atoms with van der Waals surface area (Å²) in [6, 6.07) is 7.86. The molecule has 4 rings (SSSR count). The van der Waals surface area contributed by atoms with E-state index in [1.807, 2.05) is 29.2 Å². The fourth-order valence-electron chi connectivity index (χ4n) is 3.84. The number of hydrogen-bond acceptors (Lipinski definition) is 7. The number of ether oxygens (including phenoxy) is 3. The summed E-state index contributed by atoms with van der Waals surface area (Å²) in [5, 5.41) is 0. The first-order valence-electron chi connectivity index (χ1n) is 10.4. The van der Waals surface area contributed by atoms with Crippen LogP contribution in [0.5, 0.6) is 11.6 Å². The fraction of sp³-hybridized carbons (Fsp3) is 0.500. The largest absolute Gasteiger partial charge is 0.497 e. The van der Waals surface area contributed by atoms with E-state index in [2.05, 4.69) is 14.9 Å². The number of carbonyl (C=O) groups excluding carboxylic acids is 1. The van der Waals surface area contributed by atoms with Crippen molar-refractivity contribution in [3.8, 4) is 11.6 Å². The van der Waals surface area contributed by atoms with Crippen LogP contribution in [0, 0.1) is 0 Å². The lowest BCUT2D eigenvalue weighted by Crippen LogP contribution is -2.37. The van der Waals surface area contributed by atoms with Crippen LogP contribution in [0.4, 0.5) is 5.82 Å². The number of carbonyl (C=O) groups is 1. The van der Waals surface area contributed by atoms with Gasteiger partial charge in [-0.15, -0.1) is 0 Å². The van der Waals surface area contributed by atoms with Gasteiger partial charge < -0.3 is 24.0 Å². The van der Waals surface area contributed by atoms with Crippen molar-refractivity contribution in [1.82, 2.24) is 14.9 Å². The predicted octanol–water partition coefficient (Wildman–Crippen LogP) is 1.93. The molecule has 8 nitrogen and oxygen atoms in total. The van der Waals surface area contributed by atoms with Crippen LogP contribution in [0.25, 0.3) is 0 Å². The minimum absolute atomic E-state index is 0.0674. The number of amides is 1. The van der Waals surface area contributed by atoms with E-state index < -0.39 is 0 Å². The summed E-state index contributed by atoms with van der Waals surface area (Å²) in [5.74, 6) is 2.25. The smallest absolute Gasteiger partial charge is 0.257 e. The first-order valence-corrected chi connectivity index (χ1v) is 10.4. The Morgan fingerprint density at radius 2 is 2.03 bits per heavy atom. The first-order chi connectivity index (χ1) is 14.7. The van der Waals surface area contributed by atoms with E-state index >= 15 is 0 Å². The molecule has 1 unspecified atom stereocenters. The Morgan fingerprint density at radius 3 is 2.87 bits per heavy atom. The number of likely N-dealkylation sites (tertiary alicyclic amines) is 1. The monoisotopic (exact) mass is 412 g/mol. The molecule has 2 fully saturated rings. The van der Waals surface area contributed by atoms with Gasteiger partial charge in [0.2, 0.25) is 5.91 Å². The lowest BCUT2D eigenvalue weighted by Gasteiger charge is -2.29. The molecule has 0 aliphatic carbocycles. The van der Waals surface area contributed by atoms with Crippen molar-refractivity contribution in [2.45, 2.75) is 25.4 Å². The van der Waals surface area contributed by atoms with Crippen molar-refractivity contribution < 1.29 is 19.0 Å². The van der Waals surface area contributed by atoms with Crippen LogP contribution in [-0.2, 0) is 16.0 Å². The highest BCUT2D eigenvalue weighted by Gasteiger charge is 2.29. The molecule has 8 heteroatoms.